The van der Waals surface area contributed by atoms with Gasteiger partial charge in [0.25, 0.3) is 0 Å². The molecular weight excluding hydrogens is 530 g/mol. The average Bonchev–Trinajstić information content (AvgIpc) is 2.88. The van der Waals surface area contributed by atoms with Gasteiger partial charge in [-0.15, -0.1) is 17.0 Å². The summed E-state index contributed by atoms with van der Waals surface area (Å²) in [5.74, 6) is -0.450. The number of ether oxygens (including phenoxy) is 2. The third-order valence-electron chi connectivity index (χ3n) is 6.96. The lowest BCUT2D eigenvalue weighted by molar-refractivity contribution is -0.158. The molecule has 0 radical (unpaired) electrons. The highest BCUT2D eigenvalue weighted by Gasteiger charge is 2.15. The second kappa shape index (κ2) is 31.6. The van der Waals surface area contributed by atoms with Gasteiger partial charge in [-0.3, -0.25) is 9.59 Å². The van der Waals surface area contributed by atoms with E-state index in [4.69, 9.17) is 15.2 Å². The van der Waals surface area contributed by atoms with E-state index in [0.29, 0.717) is 12.8 Å². The van der Waals surface area contributed by atoms with E-state index >= 15 is 0 Å². The van der Waals surface area contributed by atoms with Crippen molar-refractivity contribution < 1.29 is 19.1 Å². The fourth-order valence-electron chi connectivity index (χ4n) is 4.52. The van der Waals surface area contributed by atoms with Crippen LogP contribution in [0.5, 0.6) is 0 Å². The molecule has 0 saturated carbocycles. The van der Waals surface area contributed by atoms with Crippen molar-refractivity contribution in [3.63, 3.8) is 0 Å². The Morgan fingerprint density at radius 2 is 0.865 bits per heavy atom. The molecule has 0 heterocycles. The summed E-state index contributed by atoms with van der Waals surface area (Å²) >= 11 is 0. The van der Waals surface area contributed by atoms with Gasteiger partial charge in [0, 0.05) is 19.4 Å². The van der Waals surface area contributed by atoms with Crippen molar-refractivity contribution in [1.82, 2.24) is 0 Å². The summed E-state index contributed by atoms with van der Waals surface area (Å²) in [6, 6.07) is 0. The molecule has 6 heteroatoms. The van der Waals surface area contributed by atoms with Crippen LogP contribution in [0.25, 0.3) is 0 Å². The molecule has 1 atom stereocenters. The predicted molar refractivity (Wildman–Crippen MR) is 162 cm³/mol. The third-order valence-corrected chi connectivity index (χ3v) is 6.96. The summed E-state index contributed by atoms with van der Waals surface area (Å²) in [7, 11) is 0. The van der Waals surface area contributed by atoms with E-state index in [2.05, 4.69) is 13.8 Å². The van der Waals surface area contributed by atoms with Crippen LogP contribution in [-0.4, -0.2) is 31.2 Å². The monoisotopic (exact) mass is 591 g/mol. The number of hydrogen-bond acceptors (Lipinski definition) is 5. The van der Waals surface area contributed by atoms with Crippen LogP contribution >= 0.6 is 17.0 Å². The predicted octanol–water partition coefficient (Wildman–Crippen LogP) is 9.38. The Kier molecular flexibility index (Phi) is 32.9. The van der Waals surface area contributed by atoms with Crippen LogP contribution < -0.4 is 5.73 Å². The summed E-state index contributed by atoms with van der Waals surface area (Å²) in [6.45, 7) is 4.75. The maximum Gasteiger partial charge on any atom is 0.306 e. The highest BCUT2D eigenvalue weighted by molar-refractivity contribution is 8.93. The molecule has 0 fully saturated rings. The highest BCUT2D eigenvalue weighted by Crippen LogP contribution is 2.14. The molecule has 0 aliphatic heterocycles. The van der Waals surface area contributed by atoms with Crippen LogP contribution in [0.15, 0.2) is 0 Å². The van der Waals surface area contributed by atoms with Gasteiger partial charge in [0.15, 0.2) is 0 Å². The number of unbranched alkanes of at least 4 members (excludes halogenated alkanes) is 20. The maximum absolute atomic E-state index is 12.1. The highest BCUT2D eigenvalue weighted by atomic mass is 79.9. The molecule has 0 aromatic carbocycles. The van der Waals surface area contributed by atoms with Crippen molar-refractivity contribution >= 4 is 28.9 Å². The van der Waals surface area contributed by atoms with Crippen molar-refractivity contribution in [1.29, 1.82) is 0 Å². The second-order valence-corrected chi connectivity index (χ2v) is 10.6. The summed E-state index contributed by atoms with van der Waals surface area (Å²) in [5, 5.41) is 0. The molecule has 5 nitrogen and oxygen atoms in total. The van der Waals surface area contributed by atoms with E-state index in [0.717, 1.165) is 25.7 Å². The Bertz CT molecular complexity index is 490. The zero-order valence-corrected chi connectivity index (χ0v) is 26.3. The minimum atomic E-state index is -0.536. The number of esters is 2. The number of carbonyl (C=O) groups is 2. The van der Waals surface area contributed by atoms with Gasteiger partial charge in [-0.25, -0.2) is 0 Å². The van der Waals surface area contributed by atoms with Crippen molar-refractivity contribution in [2.45, 2.75) is 174 Å². The van der Waals surface area contributed by atoms with Crippen molar-refractivity contribution in [3.05, 3.63) is 0 Å². The SMILES string of the molecule is Br.CCCCCCCCCCCCCC(=O)OCC(CN)OC(=O)CCCCCCCCCCCCC. The molecule has 0 rings (SSSR count). The minimum Gasteiger partial charge on any atom is -0.462 e. The normalized spacial score (nSPS) is 11.6. The minimum absolute atomic E-state index is 0. The van der Waals surface area contributed by atoms with Gasteiger partial charge >= 0.3 is 11.9 Å². The van der Waals surface area contributed by atoms with Crippen molar-refractivity contribution in [2.75, 3.05) is 13.2 Å². The first kappa shape index (κ1) is 38.5. The Hall–Kier alpha value is -0.620. The Labute approximate surface area is 240 Å². The number of hydrogen-bond donors (Lipinski definition) is 1. The Morgan fingerprint density at radius 1 is 0.541 bits per heavy atom. The van der Waals surface area contributed by atoms with Crippen molar-refractivity contribution in [2.24, 2.45) is 5.73 Å². The van der Waals surface area contributed by atoms with Crippen LogP contribution in [0.4, 0.5) is 0 Å². The second-order valence-electron chi connectivity index (χ2n) is 10.6. The molecule has 0 spiro atoms. The van der Waals surface area contributed by atoms with E-state index in [-0.39, 0.29) is 42.1 Å². The molecular formula is C31H62BrNO4. The smallest absolute Gasteiger partial charge is 0.306 e. The molecule has 0 amide bonds. The van der Waals surface area contributed by atoms with Gasteiger partial charge < -0.3 is 15.2 Å². The Balaban J connectivity index is 0. The first-order valence-electron chi connectivity index (χ1n) is 15.7. The molecule has 2 N–H and O–H groups in total. The van der Waals surface area contributed by atoms with Crippen LogP contribution in [0.2, 0.25) is 0 Å². The van der Waals surface area contributed by atoms with E-state index in [1.54, 1.807) is 0 Å². The lowest BCUT2D eigenvalue weighted by atomic mass is 10.1. The summed E-state index contributed by atoms with van der Waals surface area (Å²) in [6.07, 6.45) is 27.9. The van der Waals surface area contributed by atoms with Gasteiger partial charge in [0.2, 0.25) is 0 Å². The number of rotatable bonds is 28. The Morgan fingerprint density at radius 3 is 1.22 bits per heavy atom. The summed E-state index contributed by atoms with van der Waals surface area (Å²) in [4.78, 5) is 24.1. The number of halogens is 1. The lowest BCUT2D eigenvalue weighted by Gasteiger charge is -2.16. The molecule has 222 valence electrons. The molecule has 0 aliphatic carbocycles. The van der Waals surface area contributed by atoms with Crippen LogP contribution in [0, 0.1) is 0 Å². The fourth-order valence-corrected chi connectivity index (χ4v) is 4.52. The largest absolute Gasteiger partial charge is 0.462 e. The zero-order chi connectivity index (χ0) is 26.5. The van der Waals surface area contributed by atoms with Gasteiger partial charge in [-0.1, -0.05) is 142 Å². The van der Waals surface area contributed by atoms with E-state index in [1.165, 1.54) is 116 Å². The number of nitrogens with two attached hydrogens (primary N) is 1. The molecule has 1 unspecified atom stereocenters. The van der Waals surface area contributed by atoms with Gasteiger partial charge in [0.1, 0.15) is 12.7 Å². The van der Waals surface area contributed by atoms with Crippen LogP contribution in [0.3, 0.4) is 0 Å². The van der Waals surface area contributed by atoms with E-state index in [9.17, 15) is 9.59 Å². The molecule has 0 aliphatic rings. The quantitative estimate of drug-likeness (QED) is 0.0723. The zero-order valence-electron chi connectivity index (χ0n) is 24.6. The van der Waals surface area contributed by atoms with E-state index in [1.807, 2.05) is 0 Å². The molecule has 0 bridgehead atoms. The fraction of sp³-hybridized carbons (Fsp3) is 0.935. The van der Waals surface area contributed by atoms with Gasteiger partial charge in [-0.05, 0) is 12.8 Å². The average molecular weight is 593 g/mol. The molecule has 0 aromatic rings. The summed E-state index contributed by atoms with van der Waals surface area (Å²) < 4.78 is 10.7. The van der Waals surface area contributed by atoms with Crippen molar-refractivity contribution in [3.8, 4) is 0 Å². The maximum atomic E-state index is 12.1. The third kappa shape index (κ3) is 29.8. The first-order chi connectivity index (χ1) is 17.6. The molecule has 0 saturated heterocycles. The molecule has 0 aromatic heterocycles. The topological polar surface area (TPSA) is 78.6 Å². The van der Waals surface area contributed by atoms with Crippen LogP contribution in [-0.2, 0) is 19.1 Å². The van der Waals surface area contributed by atoms with Crippen LogP contribution in [0.1, 0.15) is 168 Å². The van der Waals surface area contributed by atoms with Gasteiger partial charge in [0.05, 0.1) is 0 Å². The lowest BCUT2D eigenvalue weighted by Crippen LogP contribution is -2.32. The summed E-state index contributed by atoms with van der Waals surface area (Å²) in [5.41, 5.74) is 5.71. The first-order valence-corrected chi connectivity index (χ1v) is 15.7. The standard InChI is InChI=1S/C31H61NO4.BrH/c1-3-5-7-9-11-13-15-17-19-21-23-25-30(33)35-28-29(27-32)36-31(34)26-24-22-20-18-16-14-12-10-8-6-4-2;/h29H,3-28,32H2,1-2H3;1H. The number of carbonyl (C=O) groups excluding carboxylic acids is 2. The van der Waals surface area contributed by atoms with E-state index < -0.39 is 6.10 Å². The van der Waals surface area contributed by atoms with Gasteiger partial charge in [-0.2, -0.15) is 0 Å². The molecule has 37 heavy (non-hydrogen) atoms.